The number of carbonyl (C=O) groups excluding carboxylic acids is 2. The summed E-state index contributed by atoms with van der Waals surface area (Å²) in [5.41, 5.74) is 0.930. The third kappa shape index (κ3) is 7.82. The molecule has 2 rings (SSSR count). The molecule has 1 atom stereocenters. The van der Waals surface area contributed by atoms with E-state index in [-0.39, 0.29) is 18.4 Å². The number of ether oxygens (including phenoxy) is 1. The van der Waals surface area contributed by atoms with Crippen molar-refractivity contribution in [2.24, 2.45) is 5.92 Å². The number of benzene rings is 2. The number of nitrogens with zero attached hydrogens (tertiary/aromatic N) is 1. The fourth-order valence-electron chi connectivity index (χ4n) is 2.63. The molecule has 29 heavy (non-hydrogen) atoms. The molecular formula is C22H26Br2N2O3. The summed E-state index contributed by atoms with van der Waals surface area (Å²) in [6, 6.07) is 14.4. The summed E-state index contributed by atoms with van der Waals surface area (Å²) in [7, 11) is 0. The maximum absolute atomic E-state index is 13.0. The third-order valence-corrected chi connectivity index (χ3v) is 5.29. The van der Waals surface area contributed by atoms with Gasteiger partial charge in [0.05, 0.1) is 0 Å². The lowest BCUT2D eigenvalue weighted by Gasteiger charge is -2.29. The first-order valence-electron chi connectivity index (χ1n) is 9.46. The van der Waals surface area contributed by atoms with E-state index in [0.29, 0.717) is 24.8 Å². The fourth-order valence-corrected chi connectivity index (χ4v) is 3.34. The van der Waals surface area contributed by atoms with Crippen molar-refractivity contribution >= 4 is 43.7 Å². The Balaban J connectivity index is 2.12. The Kier molecular flexibility index (Phi) is 9.17. The number of amides is 2. The van der Waals surface area contributed by atoms with Gasteiger partial charge in [0.15, 0.2) is 6.61 Å². The Morgan fingerprint density at radius 1 is 1.03 bits per heavy atom. The average Bonchev–Trinajstić information content (AvgIpc) is 2.69. The smallest absolute Gasteiger partial charge is 0.261 e. The van der Waals surface area contributed by atoms with Gasteiger partial charge >= 0.3 is 0 Å². The van der Waals surface area contributed by atoms with Crippen LogP contribution < -0.4 is 10.1 Å². The van der Waals surface area contributed by atoms with Crippen molar-refractivity contribution < 1.29 is 14.3 Å². The second-order valence-electron chi connectivity index (χ2n) is 7.21. The highest BCUT2D eigenvalue weighted by atomic mass is 79.9. The summed E-state index contributed by atoms with van der Waals surface area (Å²) in [6.07, 6.45) is 0. The second-order valence-corrected chi connectivity index (χ2v) is 9.04. The topological polar surface area (TPSA) is 58.6 Å². The molecule has 156 valence electrons. The Morgan fingerprint density at radius 2 is 1.72 bits per heavy atom. The molecule has 0 aliphatic rings. The minimum Gasteiger partial charge on any atom is -0.484 e. The summed E-state index contributed by atoms with van der Waals surface area (Å²) >= 11 is 6.82. The SMILES string of the molecule is CC(C)CNC(=O)C(C)N(Cc1cccc(Br)c1)C(=O)COc1ccc(Br)cc1. The summed E-state index contributed by atoms with van der Waals surface area (Å²) in [6.45, 7) is 6.54. The minimum absolute atomic E-state index is 0.141. The molecular weight excluding hydrogens is 500 g/mol. The van der Waals surface area contributed by atoms with Gasteiger partial charge in [-0.05, 0) is 54.8 Å². The van der Waals surface area contributed by atoms with Crippen molar-refractivity contribution in [2.75, 3.05) is 13.2 Å². The molecule has 0 aliphatic carbocycles. The van der Waals surface area contributed by atoms with Crippen molar-refractivity contribution in [1.29, 1.82) is 0 Å². The van der Waals surface area contributed by atoms with Gasteiger partial charge in [0.25, 0.3) is 5.91 Å². The van der Waals surface area contributed by atoms with Crippen molar-refractivity contribution in [3.05, 3.63) is 63.0 Å². The normalized spacial score (nSPS) is 11.8. The van der Waals surface area contributed by atoms with Crippen LogP contribution in [0.4, 0.5) is 0 Å². The van der Waals surface area contributed by atoms with E-state index in [2.05, 4.69) is 37.2 Å². The van der Waals surface area contributed by atoms with Gasteiger partial charge in [-0.1, -0.05) is 57.8 Å². The Labute approximate surface area is 189 Å². The van der Waals surface area contributed by atoms with E-state index in [1.165, 1.54) is 0 Å². The van der Waals surface area contributed by atoms with Gasteiger partial charge in [0, 0.05) is 22.0 Å². The van der Waals surface area contributed by atoms with Crippen molar-refractivity contribution in [3.63, 3.8) is 0 Å². The third-order valence-electron chi connectivity index (χ3n) is 4.27. The molecule has 0 aliphatic heterocycles. The van der Waals surface area contributed by atoms with E-state index >= 15 is 0 Å². The molecule has 0 bridgehead atoms. The monoisotopic (exact) mass is 524 g/mol. The van der Waals surface area contributed by atoms with E-state index < -0.39 is 6.04 Å². The molecule has 2 amide bonds. The minimum atomic E-state index is -0.617. The molecule has 5 nitrogen and oxygen atoms in total. The molecule has 0 radical (unpaired) electrons. The Hall–Kier alpha value is -1.86. The van der Waals surface area contributed by atoms with Gasteiger partial charge in [0.2, 0.25) is 5.91 Å². The van der Waals surface area contributed by atoms with Crippen LogP contribution in [0.1, 0.15) is 26.3 Å². The van der Waals surface area contributed by atoms with Gasteiger partial charge < -0.3 is 15.0 Å². The molecule has 7 heteroatoms. The highest BCUT2D eigenvalue weighted by Crippen LogP contribution is 2.18. The fraction of sp³-hybridized carbons (Fsp3) is 0.364. The molecule has 1 unspecified atom stereocenters. The van der Waals surface area contributed by atoms with Gasteiger partial charge in [0.1, 0.15) is 11.8 Å². The van der Waals surface area contributed by atoms with Crippen molar-refractivity contribution in [1.82, 2.24) is 10.2 Å². The number of carbonyl (C=O) groups is 2. The van der Waals surface area contributed by atoms with Crippen LogP contribution in [0.3, 0.4) is 0 Å². The van der Waals surface area contributed by atoms with E-state index in [4.69, 9.17) is 4.74 Å². The van der Waals surface area contributed by atoms with Gasteiger partial charge in [-0.15, -0.1) is 0 Å². The Bertz CT molecular complexity index is 825. The number of halogens is 2. The quantitative estimate of drug-likeness (QED) is 0.512. The molecule has 0 fully saturated rings. The molecule has 0 aromatic heterocycles. The average molecular weight is 526 g/mol. The Morgan fingerprint density at radius 3 is 2.34 bits per heavy atom. The maximum atomic E-state index is 13.0. The summed E-state index contributed by atoms with van der Waals surface area (Å²) in [5, 5.41) is 2.91. The van der Waals surface area contributed by atoms with Crippen molar-refractivity contribution in [2.45, 2.75) is 33.4 Å². The largest absolute Gasteiger partial charge is 0.484 e. The zero-order chi connectivity index (χ0) is 21.4. The highest BCUT2D eigenvalue weighted by Gasteiger charge is 2.26. The zero-order valence-corrected chi connectivity index (χ0v) is 20.0. The summed E-state index contributed by atoms with van der Waals surface area (Å²) < 4.78 is 7.50. The summed E-state index contributed by atoms with van der Waals surface area (Å²) in [5.74, 6) is 0.507. The van der Waals surface area contributed by atoms with Gasteiger partial charge in [-0.25, -0.2) is 0 Å². The first kappa shape index (κ1) is 23.4. The van der Waals surface area contributed by atoms with Crippen LogP contribution in [0.15, 0.2) is 57.5 Å². The zero-order valence-electron chi connectivity index (χ0n) is 16.8. The van der Waals surface area contributed by atoms with Crippen molar-refractivity contribution in [3.8, 4) is 5.75 Å². The lowest BCUT2D eigenvalue weighted by atomic mass is 10.1. The standard InChI is InChI=1S/C22H26Br2N2O3/c1-15(2)12-25-22(28)16(3)26(13-17-5-4-6-19(24)11-17)21(27)14-29-20-9-7-18(23)8-10-20/h4-11,15-16H,12-14H2,1-3H3,(H,25,28). The van der Waals surface area contributed by atoms with Crippen LogP contribution >= 0.6 is 31.9 Å². The molecule has 0 saturated carbocycles. The van der Waals surface area contributed by atoms with Crippen LogP contribution in [0.5, 0.6) is 5.75 Å². The van der Waals surface area contributed by atoms with E-state index in [0.717, 1.165) is 14.5 Å². The molecule has 0 saturated heterocycles. The number of rotatable bonds is 9. The number of hydrogen-bond acceptors (Lipinski definition) is 3. The van der Waals surface area contributed by atoms with Gasteiger partial charge in [-0.2, -0.15) is 0 Å². The molecule has 2 aromatic carbocycles. The van der Waals surface area contributed by atoms with Crippen LogP contribution in [0.2, 0.25) is 0 Å². The molecule has 0 heterocycles. The van der Waals surface area contributed by atoms with Crippen LogP contribution in [0.25, 0.3) is 0 Å². The van der Waals surface area contributed by atoms with E-state index in [1.807, 2.05) is 50.2 Å². The highest BCUT2D eigenvalue weighted by molar-refractivity contribution is 9.10. The van der Waals surface area contributed by atoms with E-state index in [1.54, 1.807) is 24.0 Å². The van der Waals surface area contributed by atoms with Crippen LogP contribution in [0, 0.1) is 5.92 Å². The van der Waals surface area contributed by atoms with Crippen LogP contribution in [-0.2, 0) is 16.1 Å². The molecule has 2 aromatic rings. The number of nitrogens with one attached hydrogen (secondary N) is 1. The van der Waals surface area contributed by atoms with Crippen LogP contribution in [-0.4, -0.2) is 35.9 Å². The lowest BCUT2D eigenvalue weighted by molar-refractivity contribution is -0.142. The lowest BCUT2D eigenvalue weighted by Crippen LogP contribution is -2.49. The van der Waals surface area contributed by atoms with Gasteiger partial charge in [-0.3, -0.25) is 9.59 Å². The molecule has 1 N–H and O–H groups in total. The predicted octanol–water partition coefficient (Wildman–Crippen LogP) is 4.78. The predicted molar refractivity (Wildman–Crippen MR) is 122 cm³/mol. The maximum Gasteiger partial charge on any atom is 0.261 e. The first-order valence-corrected chi connectivity index (χ1v) is 11.0. The number of hydrogen-bond donors (Lipinski definition) is 1. The summed E-state index contributed by atoms with van der Waals surface area (Å²) in [4.78, 5) is 27.1. The second kappa shape index (κ2) is 11.4. The van der Waals surface area contributed by atoms with E-state index in [9.17, 15) is 9.59 Å². The first-order chi connectivity index (χ1) is 13.8. The molecule has 0 spiro atoms.